The van der Waals surface area contributed by atoms with Crippen molar-refractivity contribution in [2.24, 2.45) is 11.8 Å². The summed E-state index contributed by atoms with van der Waals surface area (Å²) in [5.74, 6) is -2.88. The van der Waals surface area contributed by atoms with Crippen LogP contribution in [0, 0.1) is 11.8 Å². The van der Waals surface area contributed by atoms with Crippen LogP contribution in [0.15, 0.2) is 0 Å². The van der Waals surface area contributed by atoms with Crippen LogP contribution in [0.2, 0.25) is 0 Å². The molecule has 1 aliphatic heterocycles. The molecule has 1 fully saturated rings. The van der Waals surface area contributed by atoms with Crippen LogP contribution in [0.4, 0.5) is 13.2 Å². The lowest BCUT2D eigenvalue weighted by Gasteiger charge is -2.15. The van der Waals surface area contributed by atoms with Crippen molar-refractivity contribution in [2.75, 3.05) is 13.1 Å². The Morgan fingerprint density at radius 1 is 1.46 bits per heavy atom. The molecular formula is C7H10F3NO2. The lowest BCUT2D eigenvalue weighted by atomic mass is 9.93. The fourth-order valence-electron chi connectivity index (χ4n) is 1.53. The van der Waals surface area contributed by atoms with Crippen molar-refractivity contribution in [3.63, 3.8) is 0 Å². The van der Waals surface area contributed by atoms with Gasteiger partial charge in [-0.05, 0) is 12.5 Å². The summed E-state index contributed by atoms with van der Waals surface area (Å²) in [6, 6.07) is 0. The second kappa shape index (κ2) is 3.53. The average molecular weight is 197 g/mol. The molecule has 2 N–H and O–H groups in total. The van der Waals surface area contributed by atoms with E-state index in [4.69, 9.17) is 5.11 Å². The van der Waals surface area contributed by atoms with E-state index in [-0.39, 0.29) is 13.1 Å². The van der Waals surface area contributed by atoms with Gasteiger partial charge in [0.2, 0.25) is 0 Å². The number of hydrogen-bond acceptors (Lipinski definition) is 2. The third-order valence-electron chi connectivity index (χ3n) is 2.15. The summed E-state index contributed by atoms with van der Waals surface area (Å²) in [5.41, 5.74) is 0. The summed E-state index contributed by atoms with van der Waals surface area (Å²) in [6.45, 7) is 0.270. The molecule has 2 unspecified atom stereocenters. The molecule has 1 rings (SSSR count). The number of alkyl halides is 3. The van der Waals surface area contributed by atoms with Crippen LogP contribution >= 0.6 is 0 Å². The number of rotatable bonds is 2. The van der Waals surface area contributed by atoms with Gasteiger partial charge in [0.15, 0.2) is 0 Å². The van der Waals surface area contributed by atoms with Gasteiger partial charge < -0.3 is 10.4 Å². The van der Waals surface area contributed by atoms with E-state index in [0.29, 0.717) is 0 Å². The molecular weight excluding hydrogens is 187 g/mol. The highest BCUT2D eigenvalue weighted by molar-refractivity contribution is 5.71. The standard InChI is InChI=1S/C7H10F3NO2/c8-7(9,10)1-4-2-11-3-5(4)6(12)13/h4-5,11H,1-3H2,(H,12,13). The molecule has 0 aromatic rings. The number of carbonyl (C=O) groups is 1. The third-order valence-corrected chi connectivity index (χ3v) is 2.15. The first-order chi connectivity index (χ1) is 5.90. The molecule has 76 valence electrons. The number of aliphatic carboxylic acids is 1. The summed E-state index contributed by atoms with van der Waals surface area (Å²) in [4.78, 5) is 10.5. The minimum atomic E-state index is -4.27. The highest BCUT2D eigenvalue weighted by Gasteiger charge is 2.40. The molecule has 0 amide bonds. The van der Waals surface area contributed by atoms with E-state index in [1.165, 1.54) is 0 Å². The first kappa shape index (κ1) is 10.3. The quantitative estimate of drug-likeness (QED) is 0.690. The van der Waals surface area contributed by atoms with Crippen molar-refractivity contribution in [3.05, 3.63) is 0 Å². The van der Waals surface area contributed by atoms with Crippen molar-refractivity contribution in [1.82, 2.24) is 5.32 Å². The second-order valence-corrected chi connectivity index (χ2v) is 3.18. The van der Waals surface area contributed by atoms with E-state index >= 15 is 0 Å². The monoisotopic (exact) mass is 197 g/mol. The Kier molecular flexibility index (Phi) is 2.80. The van der Waals surface area contributed by atoms with Gasteiger partial charge >= 0.3 is 12.1 Å². The number of carboxylic acids is 1. The number of nitrogens with one attached hydrogen (secondary N) is 1. The summed E-state index contributed by atoms with van der Waals surface area (Å²) in [6.07, 6.45) is -5.29. The van der Waals surface area contributed by atoms with Gasteiger partial charge in [0.05, 0.1) is 5.92 Å². The SMILES string of the molecule is O=C(O)C1CNCC1CC(F)(F)F. The zero-order valence-electron chi connectivity index (χ0n) is 6.77. The third kappa shape index (κ3) is 2.87. The molecule has 1 heterocycles. The molecule has 0 spiro atoms. The predicted octanol–water partition coefficient (Wildman–Crippen LogP) is 0.859. The maximum atomic E-state index is 11.9. The molecule has 0 radical (unpaired) electrons. The first-order valence-corrected chi connectivity index (χ1v) is 3.90. The van der Waals surface area contributed by atoms with E-state index in [0.717, 1.165) is 0 Å². The van der Waals surface area contributed by atoms with E-state index in [9.17, 15) is 18.0 Å². The normalized spacial score (nSPS) is 29.2. The highest BCUT2D eigenvalue weighted by atomic mass is 19.4. The molecule has 3 nitrogen and oxygen atoms in total. The zero-order chi connectivity index (χ0) is 10.1. The second-order valence-electron chi connectivity index (χ2n) is 3.18. The van der Waals surface area contributed by atoms with Crippen molar-refractivity contribution in [1.29, 1.82) is 0 Å². The Hall–Kier alpha value is -0.780. The summed E-state index contributed by atoms with van der Waals surface area (Å²) in [5, 5.41) is 11.2. The Morgan fingerprint density at radius 2 is 2.08 bits per heavy atom. The summed E-state index contributed by atoms with van der Waals surface area (Å²) >= 11 is 0. The zero-order valence-corrected chi connectivity index (χ0v) is 6.77. The van der Waals surface area contributed by atoms with E-state index < -0.39 is 30.4 Å². The lowest BCUT2D eigenvalue weighted by molar-refractivity contribution is -0.154. The van der Waals surface area contributed by atoms with Gasteiger partial charge in [0.1, 0.15) is 0 Å². The Bertz CT molecular complexity index is 204. The minimum absolute atomic E-state index is 0.135. The van der Waals surface area contributed by atoms with Crippen LogP contribution < -0.4 is 5.32 Å². The smallest absolute Gasteiger partial charge is 0.389 e. The van der Waals surface area contributed by atoms with Crippen molar-refractivity contribution < 1.29 is 23.1 Å². The molecule has 0 saturated carbocycles. The van der Waals surface area contributed by atoms with E-state index in [1.807, 2.05) is 0 Å². The number of carboxylic acid groups (broad SMARTS) is 1. The summed E-state index contributed by atoms with van der Waals surface area (Å²) in [7, 11) is 0. The molecule has 1 saturated heterocycles. The van der Waals surface area contributed by atoms with E-state index in [1.54, 1.807) is 0 Å². The summed E-state index contributed by atoms with van der Waals surface area (Å²) < 4.78 is 35.8. The van der Waals surface area contributed by atoms with Crippen LogP contribution in [-0.2, 0) is 4.79 Å². The fourth-order valence-corrected chi connectivity index (χ4v) is 1.53. The number of halogens is 3. The average Bonchev–Trinajstić information content (AvgIpc) is 2.31. The maximum absolute atomic E-state index is 11.9. The van der Waals surface area contributed by atoms with Gasteiger partial charge in [-0.2, -0.15) is 13.2 Å². The fraction of sp³-hybridized carbons (Fsp3) is 0.857. The molecule has 0 bridgehead atoms. The molecule has 0 aromatic carbocycles. The maximum Gasteiger partial charge on any atom is 0.389 e. The molecule has 0 aliphatic carbocycles. The molecule has 2 atom stereocenters. The molecule has 6 heteroatoms. The number of hydrogen-bond donors (Lipinski definition) is 2. The minimum Gasteiger partial charge on any atom is -0.481 e. The first-order valence-electron chi connectivity index (χ1n) is 3.90. The van der Waals surface area contributed by atoms with Gasteiger partial charge in [0.25, 0.3) is 0 Å². The van der Waals surface area contributed by atoms with Crippen LogP contribution in [-0.4, -0.2) is 30.3 Å². The van der Waals surface area contributed by atoms with Gasteiger partial charge in [0, 0.05) is 13.0 Å². The molecule has 0 aromatic heterocycles. The van der Waals surface area contributed by atoms with Gasteiger partial charge in [-0.25, -0.2) is 0 Å². The van der Waals surface area contributed by atoms with Gasteiger partial charge in [-0.1, -0.05) is 0 Å². The largest absolute Gasteiger partial charge is 0.481 e. The van der Waals surface area contributed by atoms with Gasteiger partial charge in [-0.15, -0.1) is 0 Å². The predicted molar refractivity (Wildman–Crippen MR) is 38.2 cm³/mol. The van der Waals surface area contributed by atoms with Crippen molar-refractivity contribution >= 4 is 5.97 Å². The van der Waals surface area contributed by atoms with Crippen LogP contribution in [0.3, 0.4) is 0 Å². The van der Waals surface area contributed by atoms with Gasteiger partial charge in [-0.3, -0.25) is 4.79 Å². The Labute approximate surface area is 72.9 Å². The van der Waals surface area contributed by atoms with Crippen LogP contribution in [0.25, 0.3) is 0 Å². The van der Waals surface area contributed by atoms with Crippen LogP contribution in [0.5, 0.6) is 0 Å². The Morgan fingerprint density at radius 3 is 2.54 bits per heavy atom. The van der Waals surface area contributed by atoms with E-state index in [2.05, 4.69) is 5.32 Å². The van der Waals surface area contributed by atoms with Crippen molar-refractivity contribution in [3.8, 4) is 0 Å². The Balaban J connectivity index is 2.54. The van der Waals surface area contributed by atoms with Crippen LogP contribution in [0.1, 0.15) is 6.42 Å². The molecule has 13 heavy (non-hydrogen) atoms. The molecule has 1 aliphatic rings. The lowest BCUT2D eigenvalue weighted by Crippen LogP contribution is -2.26. The highest BCUT2D eigenvalue weighted by Crippen LogP contribution is 2.30. The van der Waals surface area contributed by atoms with Crippen molar-refractivity contribution in [2.45, 2.75) is 12.6 Å². The topological polar surface area (TPSA) is 49.3 Å².